The predicted molar refractivity (Wildman–Crippen MR) is 115 cm³/mol. The van der Waals surface area contributed by atoms with Crippen LogP contribution in [0.5, 0.6) is 11.5 Å². The van der Waals surface area contributed by atoms with E-state index in [9.17, 15) is 8.78 Å². The highest BCUT2D eigenvalue weighted by molar-refractivity contribution is 5.82. The topological polar surface area (TPSA) is 115 Å². The third-order valence-corrected chi connectivity index (χ3v) is 4.62. The van der Waals surface area contributed by atoms with Crippen LogP contribution < -0.4 is 15.8 Å². The number of fused-ring (bicyclic) bond motifs is 1. The van der Waals surface area contributed by atoms with Crippen LogP contribution in [0.15, 0.2) is 67.3 Å². The number of aromatic amines is 1. The molecule has 0 aliphatic rings. The Hall–Kier alpha value is -4.60. The van der Waals surface area contributed by atoms with Crippen molar-refractivity contribution >= 4 is 28.5 Å². The van der Waals surface area contributed by atoms with Crippen molar-refractivity contribution in [2.45, 2.75) is 0 Å². The quantitative estimate of drug-likeness (QED) is 0.366. The summed E-state index contributed by atoms with van der Waals surface area (Å²) in [5.41, 5.74) is 7.79. The predicted octanol–water partition coefficient (Wildman–Crippen LogP) is 4.81. The number of H-pyrrole nitrogens is 1. The third-order valence-electron chi connectivity index (χ3n) is 4.62. The number of halogens is 2. The zero-order chi connectivity index (χ0) is 22.1. The average molecular weight is 431 g/mol. The lowest BCUT2D eigenvalue weighted by atomic mass is 10.2. The molecule has 0 fully saturated rings. The van der Waals surface area contributed by atoms with Crippen molar-refractivity contribution in [2.24, 2.45) is 0 Å². The van der Waals surface area contributed by atoms with Crippen LogP contribution >= 0.6 is 0 Å². The molecule has 1 aromatic carbocycles. The van der Waals surface area contributed by atoms with Crippen LogP contribution in [-0.2, 0) is 0 Å². The molecule has 0 aliphatic carbocycles. The molecule has 0 bridgehead atoms. The first-order chi connectivity index (χ1) is 15.6. The minimum absolute atomic E-state index is 0.0101. The lowest BCUT2D eigenvalue weighted by Gasteiger charge is -2.12. The Morgan fingerprint density at radius 1 is 0.938 bits per heavy atom. The number of hydrogen-bond donors (Lipinski definition) is 3. The highest BCUT2D eigenvalue weighted by Crippen LogP contribution is 2.34. The lowest BCUT2D eigenvalue weighted by Crippen LogP contribution is -2.02. The van der Waals surface area contributed by atoms with Crippen molar-refractivity contribution in [2.75, 3.05) is 11.1 Å². The van der Waals surface area contributed by atoms with E-state index < -0.39 is 17.4 Å². The Kier molecular flexibility index (Phi) is 4.79. The fourth-order valence-electron chi connectivity index (χ4n) is 3.21. The van der Waals surface area contributed by atoms with E-state index in [0.717, 1.165) is 17.7 Å². The summed E-state index contributed by atoms with van der Waals surface area (Å²) in [4.78, 5) is 19.3. The Morgan fingerprint density at radius 3 is 2.50 bits per heavy atom. The maximum atomic E-state index is 14.8. The number of nitrogen functional groups attached to an aromatic ring is 1. The van der Waals surface area contributed by atoms with E-state index >= 15 is 0 Å². The Labute approximate surface area is 180 Å². The SMILES string of the molecule is Nc1nc(Nc2cc(F)c(Oc3ccnc4[nH]ccc34)c(F)c2)cc(-c2ccncc2)n1. The molecule has 5 rings (SSSR count). The molecule has 0 unspecified atom stereocenters. The standard InChI is InChI=1S/C22H15F2N7O/c23-15-9-13(29-19-11-17(30-22(25)31-19)12-1-5-26-6-2-12)10-16(24)20(15)32-18-4-8-28-21-14(18)3-7-27-21/h1-11H,(H,27,28)(H3,25,29,30,31). The van der Waals surface area contributed by atoms with Gasteiger partial charge in [-0.15, -0.1) is 0 Å². The van der Waals surface area contributed by atoms with Crippen molar-refractivity contribution in [1.29, 1.82) is 0 Å². The maximum absolute atomic E-state index is 14.8. The van der Waals surface area contributed by atoms with Gasteiger partial charge >= 0.3 is 0 Å². The zero-order valence-corrected chi connectivity index (χ0v) is 16.4. The van der Waals surface area contributed by atoms with Gasteiger partial charge in [0.1, 0.15) is 17.2 Å². The van der Waals surface area contributed by atoms with Gasteiger partial charge in [-0.05, 0) is 24.3 Å². The summed E-state index contributed by atoms with van der Waals surface area (Å²) in [6.07, 6.45) is 6.39. The molecule has 5 aromatic rings. The van der Waals surface area contributed by atoms with Crippen molar-refractivity contribution in [3.63, 3.8) is 0 Å². The van der Waals surface area contributed by atoms with Gasteiger partial charge in [0.15, 0.2) is 17.4 Å². The third kappa shape index (κ3) is 3.76. The first-order valence-electron chi connectivity index (χ1n) is 9.48. The molecular formula is C22H15F2N7O. The van der Waals surface area contributed by atoms with Gasteiger partial charge in [-0.1, -0.05) is 0 Å². The number of benzene rings is 1. The van der Waals surface area contributed by atoms with Crippen LogP contribution in [-0.4, -0.2) is 24.9 Å². The zero-order valence-electron chi connectivity index (χ0n) is 16.4. The van der Waals surface area contributed by atoms with E-state index in [2.05, 4.69) is 30.2 Å². The molecule has 4 N–H and O–H groups in total. The van der Waals surface area contributed by atoms with Gasteiger partial charge in [-0.3, -0.25) is 4.98 Å². The lowest BCUT2D eigenvalue weighted by molar-refractivity contribution is 0.411. The number of pyridine rings is 2. The number of anilines is 3. The van der Waals surface area contributed by atoms with Gasteiger partial charge in [0.2, 0.25) is 5.95 Å². The molecule has 4 heterocycles. The van der Waals surface area contributed by atoms with Crippen LogP contribution in [0.4, 0.5) is 26.2 Å². The molecule has 0 atom stereocenters. The molecule has 0 radical (unpaired) electrons. The maximum Gasteiger partial charge on any atom is 0.222 e. The number of aromatic nitrogens is 5. The Bertz CT molecular complexity index is 1400. The van der Waals surface area contributed by atoms with Crippen LogP contribution in [0.2, 0.25) is 0 Å². The Morgan fingerprint density at radius 2 is 1.72 bits per heavy atom. The van der Waals surface area contributed by atoms with Gasteiger partial charge in [0.25, 0.3) is 0 Å². The monoisotopic (exact) mass is 431 g/mol. The average Bonchev–Trinajstić information content (AvgIpc) is 3.26. The van der Waals surface area contributed by atoms with Gasteiger partial charge in [-0.25, -0.2) is 18.7 Å². The molecule has 158 valence electrons. The summed E-state index contributed by atoms with van der Waals surface area (Å²) in [6, 6.07) is 10.6. The molecule has 0 saturated heterocycles. The van der Waals surface area contributed by atoms with Crippen molar-refractivity contribution in [1.82, 2.24) is 24.9 Å². The van der Waals surface area contributed by atoms with Crippen LogP contribution in [0.3, 0.4) is 0 Å². The number of nitrogens with zero attached hydrogens (tertiary/aromatic N) is 4. The van der Waals surface area contributed by atoms with Gasteiger partial charge in [0, 0.05) is 54.2 Å². The van der Waals surface area contributed by atoms with Crippen LogP contribution in [0.1, 0.15) is 0 Å². The van der Waals surface area contributed by atoms with Crippen LogP contribution in [0, 0.1) is 11.6 Å². The molecule has 10 heteroatoms. The highest BCUT2D eigenvalue weighted by Gasteiger charge is 2.16. The minimum atomic E-state index is -0.885. The van der Waals surface area contributed by atoms with Crippen molar-refractivity contribution in [3.8, 4) is 22.8 Å². The molecule has 0 saturated carbocycles. The van der Waals surface area contributed by atoms with E-state index in [1.807, 2.05) is 0 Å². The van der Waals surface area contributed by atoms with E-state index in [-0.39, 0.29) is 23.2 Å². The summed E-state index contributed by atoms with van der Waals surface area (Å²) in [6.45, 7) is 0. The summed E-state index contributed by atoms with van der Waals surface area (Å²) in [5.74, 6) is -1.73. The molecule has 8 nitrogen and oxygen atoms in total. The fourth-order valence-corrected chi connectivity index (χ4v) is 3.21. The number of rotatable bonds is 5. The first kappa shape index (κ1) is 19.4. The smallest absolute Gasteiger partial charge is 0.222 e. The summed E-state index contributed by atoms with van der Waals surface area (Å²) in [5, 5.41) is 3.46. The van der Waals surface area contributed by atoms with Gasteiger partial charge < -0.3 is 20.8 Å². The molecule has 32 heavy (non-hydrogen) atoms. The number of nitrogens with one attached hydrogen (secondary N) is 2. The minimum Gasteiger partial charge on any atom is -0.450 e. The van der Waals surface area contributed by atoms with E-state index in [0.29, 0.717) is 16.7 Å². The number of ether oxygens (including phenoxy) is 1. The van der Waals surface area contributed by atoms with E-state index in [1.54, 1.807) is 42.9 Å². The largest absolute Gasteiger partial charge is 0.450 e. The molecule has 0 amide bonds. The van der Waals surface area contributed by atoms with Gasteiger partial charge in [0.05, 0.1) is 11.1 Å². The number of nitrogens with two attached hydrogens (primary N) is 1. The van der Waals surface area contributed by atoms with Crippen molar-refractivity contribution < 1.29 is 13.5 Å². The second kappa shape index (κ2) is 7.91. The molecule has 4 aromatic heterocycles. The van der Waals surface area contributed by atoms with E-state index in [1.165, 1.54) is 12.3 Å². The molecular weight excluding hydrogens is 416 g/mol. The second-order valence-electron chi connectivity index (χ2n) is 6.78. The normalized spacial score (nSPS) is 10.9. The summed E-state index contributed by atoms with van der Waals surface area (Å²) in [7, 11) is 0. The van der Waals surface area contributed by atoms with E-state index in [4.69, 9.17) is 10.5 Å². The fraction of sp³-hybridized carbons (Fsp3) is 0. The van der Waals surface area contributed by atoms with Crippen molar-refractivity contribution in [3.05, 3.63) is 78.9 Å². The molecule has 0 aliphatic heterocycles. The molecule has 0 spiro atoms. The van der Waals surface area contributed by atoms with Crippen LogP contribution in [0.25, 0.3) is 22.3 Å². The number of hydrogen-bond acceptors (Lipinski definition) is 7. The summed E-state index contributed by atoms with van der Waals surface area (Å²) >= 11 is 0. The summed E-state index contributed by atoms with van der Waals surface area (Å²) < 4.78 is 35.0. The Balaban J connectivity index is 1.44. The second-order valence-corrected chi connectivity index (χ2v) is 6.78. The highest BCUT2D eigenvalue weighted by atomic mass is 19.1. The first-order valence-corrected chi connectivity index (χ1v) is 9.48. The van der Waals surface area contributed by atoms with Gasteiger partial charge in [-0.2, -0.15) is 4.98 Å².